The van der Waals surface area contributed by atoms with E-state index < -0.39 is 5.92 Å². The van der Waals surface area contributed by atoms with E-state index in [-0.39, 0.29) is 17.8 Å². The lowest BCUT2D eigenvalue weighted by Crippen LogP contribution is -2.44. The molecule has 0 aliphatic rings. The number of rotatable bonds is 8. The summed E-state index contributed by atoms with van der Waals surface area (Å²) in [5.74, 6) is -1.24. The summed E-state index contributed by atoms with van der Waals surface area (Å²) >= 11 is 0. The van der Waals surface area contributed by atoms with E-state index in [2.05, 4.69) is 10.5 Å². The molecule has 0 aromatic heterocycles. The number of nitrogens with two attached hydrogens (primary N) is 1. The molecule has 1 aromatic carbocycles. The van der Waals surface area contributed by atoms with Crippen molar-refractivity contribution in [1.29, 1.82) is 0 Å². The van der Waals surface area contributed by atoms with Crippen molar-refractivity contribution in [3.63, 3.8) is 0 Å². The van der Waals surface area contributed by atoms with Gasteiger partial charge in [-0.15, -0.1) is 0 Å². The Bertz CT molecular complexity index is 456. The lowest BCUT2D eigenvalue weighted by atomic mass is 9.96. The van der Waals surface area contributed by atoms with Gasteiger partial charge in [-0.25, -0.2) is 0 Å². The van der Waals surface area contributed by atoms with Crippen molar-refractivity contribution in [2.75, 3.05) is 13.7 Å². The summed E-state index contributed by atoms with van der Waals surface area (Å²) in [5, 5.41) is 14.8. The molecule has 6 heteroatoms. The third-order valence-corrected chi connectivity index (χ3v) is 3.16. The fourth-order valence-corrected chi connectivity index (χ4v) is 2.19. The zero-order valence-electron chi connectivity index (χ0n) is 12.5. The van der Waals surface area contributed by atoms with E-state index in [1.807, 2.05) is 13.0 Å². The number of hydrogen-bond acceptors (Lipinski definition) is 4. The molecule has 1 rings (SSSR count). The predicted octanol–water partition coefficient (Wildman–Crippen LogP) is 1.45. The molecule has 0 aliphatic heterocycles. The van der Waals surface area contributed by atoms with Crippen LogP contribution in [0.15, 0.2) is 35.5 Å². The standard InChI is InChI=1S/C15H23N3O3/c1-3-7-12(10-21-2)17-15(19)13(14(16)18-20)11-8-5-4-6-9-11/h4-6,8-9,12-13,20H,3,7,10H2,1-2H3,(H2,16,18)(H,17,19). The van der Waals surface area contributed by atoms with E-state index in [0.29, 0.717) is 12.2 Å². The molecule has 0 bridgehead atoms. The van der Waals surface area contributed by atoms with Crippen molar-refractivity contribution >= 4 is 11.7 Å². The van der Waals surface area contributed by atoms with Gasteiger partial charge in [0.05, 0.1) is 12.6 Å². The number of amides is 1. The third kappa shape index (κ3) is 5.07. The topological polar surface area (TPSA) is 96.9 Å². The summed E-state index contributed by atoms with van der Waals surface area (Å²) in [6.07, 6.45) is 1.73. The Labute approximate surface area is 125 Å². The fraction of sp³-hybridized carbons (Fsp3) is 0.467. The highest BCUT2D eigenvalue weighted by Gasteiger charge is 2.26. The first-order valence-corrected chi connectivity index (χ1v) is 6.95. The maximum absolute atomic E-state index is 12.5. The number of benzene rings is 1. The van der Waals surface area contributed by atoms with Gasteiger partial charge in [0.25, 0.3) is 0 Å². The number of ether oxygens (including phenoxy) is 1. The first-order chi connectivity index (χ1) is 10.1. The highest BCUT2D eigenvalue weighted by Crippen LogP contribution is 2.16. The Morgan fingerprint density at radius 2 is 2.10 bits per heavy atom. The lowest BCUT2D eigenvalue weighted by molar-refractivity contribution is -0.122. The number of amidine groups is 1. The number of hydrogen-bond donors (Lipinski definition) is 3. The quantitative estimate of drug-likeness (QED) is 0.292. The fourth-order valence-electron chi connectivity index (χ4n) is 2.19. The van der Waals surface area contributed by atoms with Gasteiger partial charge in [0.15, 0.2) is 5.84 Å². The van der Waals surface area contributed by atoms with Crippen LogP contribution < -0.4 is 11.1 Å². The van der Waals surface area contributed by atoms with E-state index in [1.54, 1.807) is 31.4 Å². The van der Waals surface area contributed by atoms with Crippen LogP contribution in [0.2, 0.25) is 0 Å². The van der Waals surface area contributed by atoms with Crippen LogP contribution in [0, 0.1) is 0 Å². The summed E-state index contributed by atoms with van der Waals surface area (Å²) in [6, 6.07) is 8.90. The molecule has 6 nitrogen and oxygen atoms in total. The van der Waals surface area contributed by atoms with Crippen LogP contribution in [0.4, 0.5) is 0 Å². The molecule has 0 fully saturated rings. The molecular formula is C15H23N3O3. The third-order valence-electron chi connectivity index (χ3n) is 3.16. The van der Waals surface area contributed by atoms with E-state index >= 15 is 0 Å². The number of nitrogens with one attached hydrogen (secondary N) is 1. The zero-order chi connectivity index (χ0) is 15.7. The summed E-state index contributed by atoms with van der Waals surface area (Å²) in [4.78, 5) is 12.5. The van der Waals surface area contributed by atoms with E-state index in [9.17, 15) is 4.79 Å². The smallest absolute Gasteiger partial charge is 0.235 e. The van der Waals surface area contributed by atoms with Crippen molar-refractivity contribution in [3.8, 4) is 0 Å². The molecule has 0 saturated heterocycles. The van der Waals surface area contributed by atoms with E-state index in [1.165, 1.54) is 0 Å². The van der Waals surface area contributed by atoms with Gasteiger partial charge < -0.3 is 21.0 Å². The minimum atomic E-state index is -0.813. The van der Waals surface area contributed by atoms with Crippen LogP contribution in [0.25, 0.3) is 0 Å². The van der Waals surface area contributed by atoms with Crippen molar-refractivity contribution in [2.45, 2.75) is 31.7 Å². The molecule has 1 amide bonds. The number of oxime groups is 1. The van der Waals surface area contributed by atoms with Gasteiger partial charge in [0, 0.05) is 7.11 Å². The zero-order valence-corrected chi connectivity index (χ0v) is 12.5. The van der Waals surface area contributed by atoms with Gasteiger partial charge in [-0.3, -0.25) is 4.79 Å². The molecule has 0 spiro atoms. The highest BCUT2D eigenvalue weighted by atomic mass is 16.5. The first kappa shape index (κ1) is 17.0. The Balaban J connectivity index is 2.91. The largest absolute Gasteiger partial charge is 0.409 e. The molecular weight excluding hydrogens is 270 g/mol. The van der Waals surface area contributed by atoms with Crippen LogP contribution in [-0.4, -0.2) is 36.7 Å². The van der Waals surface area contributed by atoms with Gasteiger partial charge in [-0.05, 0) is 12.0 Å². The maximum Gasteiger partial charge on any atom is 0.235 e. The Hall–Kier alpha value is -2.08. The summed E-state index contributed by atoms with van der Waals surface area (Å²) in [6.45, 7) is 2.46. The molecule has 0 aliphatic carbocycles. The van der Waals surface area contributed by atoms with Crippen molar-refractivity contribution in [3.05, 3.63) is 35.9 Å². The Kier molecular flexibility index (Phi) is 7.25. The Morgan fingerprint density at radius 3 is 2.62 bits per heavy atom. The second kappa shape index (κ2) is 8.97. The maximum atomic E-state index is 12.5. The number of carbonyl (C=O) groups excluding carboxylic acids is 1. The average molecular weight is 293 g/mol. The summed E-state index contributed by atoms with van der Waals surface area (Å²) < 4.78 is 5.10. The number of carbonyl (C=O) groups is 1. The molecule has 116 valence electrons. The van der Waals surface area contributed by atoms with Gasteiger partial charge >= 0.3 is 0 Å². The highest BCUT2D eigenvalue weighted by molar-refractivity contribution is 6.07. The second-order valence-corrected chi connectivity index (χ2v) is 4.82. The number of nitrogens with zero attached hydrogens (tertiary/aromatic N) is 1. The first-order valence-electron chi connectivity index (χ1n) is 6.95. The summed E-state index contributed by atoms with van der Waals surface area (Å²) in [7, 11) is 1.59. The normalized spacial score (nSPS) is 14.5. The van der Waals surface area contributed by atoms with Gasteiger partial charge in [-0.2, -0.15) is 0 Å². The van der Waals surface area contributed by atoms with Crippen molar-refractivity contribution in [1.82, 2.24) is 5.32 Å². The van der Waals surface area contributed by atoms with E-state index in [0.717, 1.165) is 12.8 Å². The lowest BCUT2D eigenvalue weighted by Gasteiger charge is -2.21. The van der Waals surface area contributed by atoms with Crippen LogP contribution in [0.1, 0.15) is 31.2 Å². The van der Waals surface area contributed by atoms with Gasteiger partial charge in [0.2, 0.25) is 5.91 Å². The SMILES string of the molecule is CCCC(COC)NC(=O)C(C(N)=NO)c1ccccc1. The van der Waals surface area contributed by atoms with Crippen LogP contribution in [0.3, 0.4) is 0 Å². The summed E-state index contributed by atoms with van der Waals surface area (Å²) in [5.41, 5.74) is 6.36. The predicted molar refractivity (Wildman–Crippen MR) is 81.3 cm³/mol. The number of methoxy groups -OCH3 is 1. The Morgan fingerprint density at radius 1 is 1.43 bits per heavy atom. The molecule has 4 N–H and O–H groups in total. The monoisotopic (exact) mass is 293 g/mol. The molecule has 2 unspecified atom stereocenters. The minimum absolute atomic E-state index is 0.0924. The molecule has 2 atom stereocenters. The molecule has 0 saturated carbocycles. The molecule has 0 heterocycles. The van der Waals surface area contributed by atoms with Crippen LogP contribution in [0.5, 0.6) is 0 Å². The molecule has 0 radical (unpaired) electrons. The average Bonchev–Trinajstić information content (AvgIpc) is 2.49. The van der Waals surface area contributed by atoms with Crippen molar-refractivity contribution in [2.24, 2.45) is 10.9 Å². The van der Waals surface area contributed by atoms with E-state index in [4.69, 9.17) is 15.7 Å². The van der Waals surface area contributed by atoms with Gasteiger partial charge in [-0.1, -0.05) is 48.8 Å². The minimum Gasteiger partial charge on any atom is -0.409 e. The second-order valence-electron chi connectivity index (χ2n) is 4.82. The van der Waals surface area contributed by atoms with Gasteiger partial charge in [0.1, 0.15) is 5.92 Å². The van der Waals surface area contributed by atoms with Crippen molar-refractivity contribution < 1.29 is 14.7 Å². The molecule has 1 aromatic rings. The van der Waals surface area contributed by atoms with Crippen LogP contribution in [-0.2, 0) is 9.53 Å². The van der Waals surface area contributed by atoms with Crippen LogP contribution >= 0.6 is 0 Å². The molecule has 21 heavy (non-hydrogen) atoms.